The molecule has 0 aliphatic rings. The largest absolute Gasteiger partial charge is 0.314 e. The third-order valence-corrected chi connectivity index (χ3v) is 2.44. The first kappa shape index (κ1) is 10.9. The normalized spacial score (nSPS) is 13.1. The Morgan fingerprint density at radius 3 is 3.12 bits per heavy atom. The maximum Gasteiger partial charge on any atom is 0.197 e. The predicted octanol–water partition coefficient (Wildman–Crippen LogP) is 0.450. The van der Waals surface area contributed by atoms with Crippen LogP contribution in [0.3, 0.4) is 0 Å². The minimum atomic E-state index is 0.400. The van der Waals surface area contributed by atoms with E-state index in [1.54, 1.807) is 10.7 Å². The fourth-order valence-electron chi connectivity index (χ4n) is 1.64. The summed E-state index contributed by atoms with van der Waals surface area (Å²) in [5.41, 5.74) is 1.72. The van der Waals surface area contributed by atoms with Crippen molar-refractivity contribution in [3.63, 3.8) is 0 Å². The maximum atomic E-state index is 4.13. The molecule has 86 valence electrons. The van der Waals surface area contributed by atoms with Gasteiger partial charge in [-0.15, -0.1) is 5.10 Å². The Labute approximate surface area is 94.1 Å². The quantitative estimate of drug-likeness (QED) is 0.792. The van der Waals surface area contributed by atoms with Crippen molar-refractivity contribution in [2.45, 2.75) is 32.7 Å². The summed E-state index contributed by atoms with van der Waals surface area (Å²) in [4.78, 5) is 4.13. The molecule has 0 spiro atoms. The number of hydrogen-bond acceptors (Lipinski definition) is 5. The van der Waals surface area contributed by atoms with Crippen molar-refractivity contribution in [3.8, 4) is 0 Å². The third-order valence-electron chi connectivity index (χ3n) is 2.44. The molecule has 0 saturated heterocycles. The zero-order valence-corrected chi connectivity index (χ0v) is 9.59. The van der Waals surface area contributed by atoms with E-state index in [4.69, 9.17) is 0 Å². The number of nitrogens with zero attached hydrogens (tertiary/aromatic N) is 5. The van der Waals surface area contributed by atoms with E-state index in [9.17, 15) is 0 Å². The van der Waals surface area contributed by atoms with E-state index in [1.165, 1.54) is 0 Å². The summed E-state index contributed by atoms with van der Waals surface area (Å²) < 4.78 is 1.73. The molecule has 0 fully saturated rings. The van der Waals surface area contributed by atoms with E-state index in [0.717, 1.165) is 25.1 Å². The van der Waals surface area contributed by atoms with Gasteiger partial charge in [-0.3, -0.25) is 4.98 Å². The van der Waals surface area contributed by atoms with Crippen LogP contribution in [-0.4, -0.2) is 37.6 Å². The molecule has 0 aromatic carbocycles. The molecule has 2 rings (SSSR count). The molecule has 2 heterocycles. The van der Waals surface area contributed by atoms with E-state index < -0.39 is 0 Å². The summed E-state index contributed by atoms with van der Waals surface area (Å²) in [6.07, 6.45) is 5.48. The number of fused-ring (bicyclic) bond motifs is 1. The summed E-state index contributed by atoms with van der Waals surface area (Å²) in [5.74, 6) is 0. The highest BCUT2D eigenvalue weighted by molar-refractivity contribution is 5.32. The molecule has 1 N–H and O–H groups in total. The monoisotopic (exact) mass is 220 g/mol. The molecule has 0 bridgehead atoms. The summed E-state index contributed by atoms with van der Waals surface area (Å²) in [7, 11) is 0. The average molecular weight is 220 g/mol. The van der Waals surface area contributed by atoms with Gasteiger partial charge in [0.1, 0.15) is 0 Å². The van der Waals surface area contributed by atoms with Crippen LogP contribution in [0, 0.1) is 0 Å². The minimum Gasteiger partial charge on any atom is -0.314 e. The zero-order chi connectivity index (χ0) is 11.4. The second kappa shape index (κ2) is 4.98. The van der Waals surface area contributed by atoms with Gasteiger partial charge in [0.2, 0.25) is 0 Å². The maximum absolute atomic E-state index is 4.13. The Morgan fingerprint density at radius 1 is 1.44 bits per heavy atom. The van der Waals surface area contributed by atoms with Crippen molar-refractivity contribution < 1.29 is 0 Å². The molecule has 1 unspecified atom stereocenters. The highest BCUT2D eigenvalue weighted by Crippen LogP contribution is 2.03. The van der Waals surface area contributed by atoms with Crippen LogP contribution in [0.1, 0.15) is 26.0 Å². The summed E-state index contributed by atoms with van der Waals surface area (Å²) in [6.45, 7) is 5.34. The number of hydrogen-bond donors (Lipinski definition) is 1. The van der Waals surface area contributed by atoms with Gasteiger partial charge in [0.05, 0.1) is 11.9 Å². The van der Waals surface area contributed by atoms with Crippen molar-refractivity contribution in [2.24, 2.45) is 0 Å². The van der Waals surface area contributed by atoms with Gasteiger partial charge in [0.15, 0.2) is 5.65 Å². The van der Waals surface area contributed by atoms with Crippen LogP contribution in [0.15, 0.2) is 12.4 Å². The van der Waals surface area contributed by atoms with E-state index in [0.29, 0.717) is 11.7 Å². The van der Waals surface area contributed by atoms with Crippen LogP contribution in [0.5, 0.6) is 0 Å². The van der Waals surface area contributed by atoms with Crippen molar-refractivity contribution >= 4 is 5.65 Å². The van der Waals surface area contributed by atoms with Gasteiger partial charge in [-0.05, 0) is 30.3 Å². The van der Waals surface area contributed by atoms with Crippen molar-refractivity contribution in [3.05, 3.63) is 18.1 Å². The van der Waals surface area contributed by atoms with Crippen LogP contribution in [0.2, 0.25) is 0 Å². The van der Waals surface area contributed by atoms with Crippen molar-refractivity contribution in [2.75, 3.05) is 6.54 Å². The van der Waals surface area contributed by atoms with Gasteiger partial charge in [-0.2, -0.15) is 4.52 Å². The minimum absolute atomic E-state index is 0.400. The lowest BCUT2D eigenvalue weighted by Crippen LogP contribution is -2.29. The number of nitrogens with one attached hydrogen (secondary N) is 1. The number of aromatic nitrogens is 5. The SMILES string of the molecule is CCCNC(C)Cc1cncc2nnnn12. The van der Waals surface area contributed by atoms with Crippen LogP contribution in [0.4, 0.5) is 0 Å². The number of tetrazole rings is 1. The highest BCUT2D eigenvalue weighted by Gasteiger charge is 2.08. The Kier molecular flexibility index (Phi) is 3.40. The van der Waals surface area contributed by atoms with Gasteiger partial charge in [0.25, 0.3) is 0 Å². The van der Waals surface area contributed by atoms with Gasteiger partial charge < -0.3 is 5.32 Å². The fourth-order valence-corrected chi connectivity index (χ4v) is 1.64. The second-order valence-electron chi connectivity index (χ2n) is 3.91. The molecule has 0 aliphatic carbocycles. The molecule has 0 amide bonds. The molecule has 6 heteroatoms. The van der Waals surface area contributed by atoms with Crippen LogP contribution < -0.4 is 5.32 Å². The molecule has 6 nitrogen and oxygen atoms in total. The van der Waals surface area contributed by atoms with Gasteiger partial charge in [-0.25, -0.2) is 0 Å². The predicted molar refractivity (Wildman–Crippen MR) is 60.0 cm³/mol. The average Bonchev–Trinajstić information content (AvgIpc) is 2.75. The smallest absolute Gasteiger partial charge is 0.197 e. The topological polar surface area (TPSA) is 68.0 Å². The highest BCUT2D eigenvalue weighted by atomic mass is 15.5. The molecule has 16 heavy (non-hydrogen) atoms. The second-order valence-corrected chi connectivity index (χ2v) is 3.91. The standard InChI is InChI=1S/C10H16N6/c1-3-4-12-8(2)5-9-6-11-7-10-13-14-15-16(9)10/h6-8,12H,3-5H2,1-2H3. The summed E-state index contributed by atoms with van der Waals surface area (Å²) in [5, 5.41) is 14.9. The van der Waals surface area contributed by atoms with Crippen LogP contribution in [-0.2, 0) is 6.42 Å². The molecular formula is C10H16N6. The first-order valence-electron chi connectivity index (χ1n) is 5.55. The molecule has 2 aromatic heterocycles. The van der Waals surface area contributed by atoms with Gasteiger partial charge in [-0.1, -0.05) is 6.92 Å². The van der Waals surface area contributed by atoms with E-state index >= 15 is 0 Å². The lowest BCUT2D eigenvalue weighted by molar-refractivity contribution is 0.531. The zero-order valence-electron chi connectivity index (χ0n) is 9.59. The summed E-state index contributed by atoms with van der Waals surface area (Å²) in [6, 6.07) is 0.400. The first-order valence-corrected chi connectivity index (χ1v) is 5.55. The molecule has 1 atom stereocenters. The Hall–Kier alpha value is -1.56. The van der Waals surface area contributed by atoms with E-state index in [2.05, 4.69) is 39.7 Å². The van der Waals surface area contributed by atoms with Crippen LogP contribution in [0.25, 0.3) is 5.65 Å². The van der Waals surface area contributed by atoms with Gasteiger partial charge in [0, 0.05) is 18.7 Å². The molecule has 0 saturated carbocycles. The molecular weight excluding hydrogens is 204 g/mol. The summed E-state index contributed by atoms with van der Waals surface area (Å²) >= 11 is 0. The van der Waals surface area contributed by atoms with Crippen molar-refractivity contribution in [1.29, 1.82) is 0 Å². The molecule has 0 aliphatic heterocycles. The van der Waals surface area contributed by atoms with Crippen molar-refractivity contribution in [1.82, 2.24) is 30.3 Å². The Morgan fingerprint density at radius 2 is 2.31 bits per heavy atom. The third kappa shape index (κ3) is 2.33. The molecule has 2 aromatic rings. The number of rotatable bonds is 5. The van der Waals surface area contributed by atoms with Crippen LogP contribution >= 0.6 is 0 Å². The lowest BCUT2D eigenvalue weighted by Gasteiger charge is -2.12. The van der Waals surface area contributed by atoms with Gasteiger partial charge >= 0.3 is 0 Å². The fraction of sp³-hybridized carbons (Fsp3) is 0.600. The van der Waals surface area contributed by atoms with E-state index in [-0.39, 0.29) is 0 Å². The van der Waals surface area contributed by atoms with E-state index in [1.807, 2.05) is 6.20 Å². The first-order chi connectivity index (χ1) is 7.81. The molecule has 0 radical (unpaired) electrons. The lowest BCUT2D eigenvalue weighted by atomic mass is 10.2. The Balaban J connectivity index is 2.11. The Bertz CT molecular complexity index is 451.